The number of amides is 1. The largest absolute Gasteiger partial charge is 0.381 e. The number of nitrogens with one attached hydrogen (secondary N) is 1. The number of nitrogens with zero attached hydrogens (tertiary/aromatic N) is 3. The van der Waals surface area contributed by atoms with Crippen LogP contribution in [0.5, 0.6) is 0 Å². The molecule has 0 aliphatic carbocycles. The molecule has 0 spiro atoms. The average Bonchev–Trinajstić information content (AvgIpc) is 3.15. The van der Waals surface area contributed by atoms with Crippen molar-refractivity contribution in [2.45, 2.75) is 36.1 Å². The number of rotatable bonds is 6. The molecule has 2 aromatic carbocycles. The molecule has 30 heavy (non-hydrogen) atoms. The molecule has 3 aromatic rings. The zero-order valence-corrected chi connectivity index (χ0v) is 17.6. The number of benzene rings is 2. The zero-order chi connectivity index (χ0) is 20.9. The number of aromatic nitrogens is 3. The second-order valence-electron chi connectivity index (χ2n) is 7.11. The molecule has 1 aliphatic rings. The summed E-state index contributed by atoms with van der Waals surface area (Å²) in [5, 5.41) is 7.19. The van der Waals surface area contributed by atoms with Gasteiger partial charge in [-0.25, -0.2) is 4.79 Å². The molecule has 0 unspecified atom stereocenters. The van der Waals surface area contributed by atoms with Gasteiger partial charge >= 0.3 is 5.69 Å². The Bertz CT molecular complexity index is 1070. The van der Waals surface area contributed by atoms with E-state index in [0.717, 1.165) is 34.0 Å². The summed E-state index contributed by atoms with van der Waals surface area (Å²) < 4.78 is 8.28. The molecule has 156 valence electrons. The Hall–Kier alpha value is -2.84. The third-order valence-corrected chi connectivity index (χ3v) is 6.08. The summed E-state index contributed by atoms with van der Waals surface area (Å²) in [6.45, 7) is 3.80. The van der Waals surface area contributed by atoms with Crippen molar-refractivity contribution in [2.24, 2.45) is 5.92 Å². The first-order valence-electron chi connectivity index (χ1n) is 10.1. The van der Waals surface area contributed by atoms with E-state index < -0.39 is 0 Å². The highest BCUT2D eigenvalue weighted by molar-refractivity contribution is 7.99. The topological polar surface area (TPSA) is 78.2 Å². The molecule has 1 N–H and O–H groups in total. The summed E-state index contributed by atoms with van der Waals surface area (Å²) in [5.41, 5.74) is 1.38. The lowest BCUT2D eigenvalue weighted by atomic mass is 9.99. The van der Waals surface area contributed by atoms with Crippen molar-refractivity contribution < 1.29 is 9.53 Å². The molecule has 1 aliphatic heterocycles. The predicted octanol–water partition coefficient (Wildman–Crippen LogP) is 3.57. The number of ether oxygens (including phenoxy) is 1. The molecule has 1 aromatic heterocycles. The Morgan fingerprint density at radius 3 is 2.63 bits per heavy atom. The molecule has 8 heteroatoms. The van der Waals surface area contributed by atoms with Gasteiger partial charge in [-0.2, -0.15) is 9.78 Å². The summed E-state index contributed by atoms with van der Waals surface area (Å²) in [7, 11) is 0. The van der Waals surface area contributed by atoms with Crippen molar-refractivity contribution in [3.63, 3.8) is 0 Å². The van der Waals surface area contributed by atoms with Crippen LogP contribution in [0.15, 0.2) is 69.4 Å². The number of carbonyl (C=O) groups is 1. The van der Waals surface area contributed by atoms with Gasteiger partial charge in [0.25, 0.3) is 0 Å². The fourth-order valence-electron chi connectivity index (χ4n) is 3.36. The van der Waals surface area contributed by atoms with E-state index in [9.17, 15) is 9.59 Å². The summed E-state index contributed by atoms with van der Waals surface area (Å²) >= 11 is 1.60. The van der Waals surface area contributed by atoms with Gasteiger partial charge in [0.05, 0.1) is 5.69 Å². The lowest BCUT2D eigenvalue weighted by molar-refractivity contribution is -0.122. The molecule has 0 bridgehead atoms. The minimum absolute atomic E-state index is 0.0159. The second kappa shape index (κ2) is 9.32. The SMILES string of the molecule is CCn1cnn(-c2ccc(Sc3cccc(NC(=O)C4CCOCC4)c3)cc2)c1=O. The fraction of sp³-hybridized carbons (Fsp3) is 0.318. The number of anilines is 1. The van der Waals surface area contributed by atoms with Gasteiger partial charge in [0.2, 0.25) is 5.91 Å². The van der Waals surface area contributed by atoms with Crippen LogP contribution < -0.4 is 11.0 Å². The summed E-state index contributed by atoms with van der Waals surface area (Å²) in [6, 6.07) is 15.5. The highest BCUT2D eigenvalue weighted by atomic mass is 32.2. The van der Waals surface area contributed by atoms with Gasteiger partial charge in [-0.3, -0.25) is 9.36 Å². The smallest absolute Gasteiger partial charge is 0.350 e. The van der Waals surface area contributed by atoms with Gasteiger partial charge in [-0.15, -0.1) is 0 Å². The molecule has 2 heterocycles. The first-order valence-corrected chi connectivity index (χ1v) is 10.9. The van der Waals surface area contributed by atoms with E-state index in [1.54, 1.807) is 22.7 Å². The highest BCUT2D eigenvalue weighted by Crippen LogP contribution is 2.30. The normalized spacial score (nSPS) is 14.6. The fourth-order valence-corrected chi connectivity index (χ4v) is 4.24. The van der Waals surface area contributed by atoms with Crippen LogP contribution in [0, 0.1) is 5.92 Å². The van der Waals surface area contributed by atoms with Gasteiger partial charge in [0, 0.05) is 41.2 Å². The van der Waals surface area contributed by atoms with Crippen molar-refractivity contribution in [3.05, 3.63) is 65.3 Å². The van der Waals surface area contributed by atoms with Crippen molar-refractivity contribution in [1.82, 2.24) is 14.3 Å². The minimum atomic E-state index is -0.147. The standard InChI is InChI=1S/C22H24N4O3S/c1-2-25-15-23-26(22(25)28)18-6-8-19(9-7-18)30-20-5-3-4-17(14-20)24-21(27)16-10-12-29-13-11-16/h3-9,14-16H,2,10-13H2,1H3,(H,24,27). The molecule has 1 fully saturated rings. The van der Waals surface area contributed by atoms with Crippen LogP contribution in [0.3, 0.4) is 0 Å². The van der Waals surface area contributed by atoms with E-state index >= 15 is 0 Å². The van der Waals surface area contributed by atoms with E-state index in [-0.39, 0.29) is 17.5 Å². The molecule has 1 saturated heterocycles. The Morgan fingerprint density at radius 2 is 1.93 bits per heavy atom. The molecule has 0 atom stereocenters. The molecule has 0 saturated carbocycles. The zero-order valence-electron chi connectivity index (χ0n) is 16.8. The average molecular weight is 425 g/mol. The van der Waals surface area contributed by atoms with Gasteiger partial charge in [-0.1, -0.05) is 17.8 Å². The lowest BCUT2D eigenvalue weighted by Gasteiger charge is -2.21. The van der Waals surface area contributed by atoms with Crippen LogP contribution >= 0.6 is 11.8 Å². The molecule has 1 amide bonds. The van der Waals surface area contributed by atoms with Crippen molar-refractivity contribution >= 4 is 23.4 Å². The van der Waals surface area contributed by atoms with E-state index in [2.05, 4.69) is 10.4 Å². The summed E-state index contributed by atoms with van der Waals surface area (Å²) in [4.78, 5) is 26.7. The maximum absolute atomic E-state index is 12.5. The van der Waals surface area contributed by atoms with Crippen molar-refractivity contribution in [2.75, 3.05) is 18.5 Å². The summed E-state index contributed by atoms with van der Waals surface area (Å²) in [5.74, 6) is 0.0731. The molecule has 0 radical (unpaired) electrons. The summed E-state index contributed by atoms with van der Waals surface area (Å²) in [6.07, 6.45) is 3.09. The van der Waals surface area contributed by atoms with E-state index in [1.165, 1.54) is 4.68 Å². The van der Waals surface area contributed by atoms with Crippen LogP contribution in [0.25, 0.3) is 5.69 Å². The Kier molecular flexibility index (Phi) is 6.35. The van der Waals surface area contributed by atoms with Crippen LogP contribution in [-0.4, -0.2) is 33.5 Å². The third kappa shape index (κ3) is 4.66. The van der Waals surface area contributed by atoms with E-state index in [0.29, 0.717) is 19.8 Å². The Balaban J connectivity index is 1.43. The maximum atomic E-state index is 12.5. The lowest BCUT2D eigenvalue weighted by Crippen LogP contribution is -2.28. The van der Waals surface area contributed by atoms with Gasteiger partial charge < -0.3 is 10.1 Å². The van der Waals surface area contributed by atoms with E-state index in [1.807, 2.05) is 55.5 Å². The van der Waals surface area contributed by atoms with Gasteiger partial charge in [0.15, 0.2) is 0 Å². The molecular weight excluding hydrogens is 400 g/mol. The predicted molar refractivity (Wildman–Crippen MR) is 116 cm³/mol. The number of carbonyl (C=O) groups excluding carboxylic acids is 1. The first-order chi connectivity index (χ1) is 14.6. The Morgan fingerprint density at radius 1 is 1.17 bits per heavy atom. The van der Waals surface area contributed by atoms with E-state index in [4.69, 9.17) is 4.74 Å². The van der Waals surface area contributed by atoms with Crippen molar-refractivity contribution in [1.29, 1.82) is 0 Å². The molecule has 4 rings (SSSR count). The number of aryl methyl sites for hydroxylation is 1. The highest BCUT2D eigenvalue weighted by Gasteiger charge is 2.21. The van der Waals surface area contributed by atoms with Crippen LogP contribution in [0.4, 0.5) is 5.69 Å². The first kappa shape index (κ1) is 20.4. The van der Waals surface area contributed by atoms with Crippen LogP contribution in [0.2, 0.25) is 0 Å². The number of hydrogen-bond donors (Lipinski definition) is 1. The van der Waals surface area contributed by atoms with Gasteiger partial charge in [-0.05, 0) is 62.2 Å². The minimum Gasteiger partial charge on any atom is -0.381 e. The van der Waals surface area contributed by atoms with Crippen molar-refractivity contribution in [3.8, 4) is 5.69 Å². The molecule has 7 nitrogen and oxygen atoms in total. The third-order valence-electron chi connectivity index (χ3n) is 5.08. The van der Waals surface area contributed by atoms with Crippen LogP contribution in [-0.2, 0) is 16.1 Å². The van der Waals surface area contributed by atoms with Gasteiger partial charge in [0.1, 0.15) is 6.33 Å². The molecular formula is C22H24N4O3S. The second-order valence-corrected chi connectivity index (χ2v) is 8.26. The Labute approximate surface area is 179 Å². The monoisotopic (exact) mass is 424 g/mol. The number of hydrogen-bond acceptors (Lipinski definition) is 5. The quantitative estimate of drug-likeness (QED) is 0.655. The maximum Gasteiger partial charge on any atom is 0.350 e. The van der Waals surface area contributed by atoms with Crippen LogP contribution in [0.1, 0.15) is 19.8 Å².